The molecular formula is C32H39IN2O10. The van der Waals surface area contributed by atoms with Gasteiger partial charge in [-0.1, -0.05) is 12.1 Å². The third-order valence-electron chi connectivity index (χ3n) is 7.43. The smallest absolute Gasteiger partial charge is 0.289 e. The predicted molar refractivity (Wildman–Crippen MR) is 174 cm³/mol. The molecule has 0 fully saturated rings. The number of halogens is 1. The molecule has 1 aliphatic rings. The van der Waals surface area contributed by atoms with Gasteiger partial charge >= 0.3 is 0 Å². The van der Waals surface area contributed by atoms with Crippen LogP contribution in [-0.2, 0) is 16.1 Å². The zero-order chi connectivity index (χ0) is 32.5. The molecule has 12 nitrogen and oxygen atoms in total. The predicted octanol–water partition coefficient (Wildman–Crippen LogP) is 3.03. The van der Waals surface area contributed by atoms with Gasteiger partial charge in [0.25, 0.3) is 5.91 Å². The number of nitrogens with one attached hydrogen (secondary N) is 1. The molecule has 0 bridgehead atoms. The van der Waals surface area contributed by atoms with E-state index in [9.17, 15) is 24.9 Å². The number of carbonyl (C=O) groups is 2. The Labute approximate surface area is 275 Å². The first-order chi connectivity index (χ1) is 21.8. The standard InChI is InChI=1S/C32H39IN2O10/c1-4-43-12-6-10-35(32(40)27-16-20-7-5-8-24(41-2)29(20)45-27)23-15-21(31(39)34-9-11-36)17-25(28(23)38)44-30-22(33)13-19(18-37)14-26(30)42-3/h5,7-8,13-14,16-17,23,25,28,36-38H,4,6,9-12,15,18H2,1-3H3,(H,34,39). The maximum atomic E-state index is 14.2. The second kappa shape index (κ2) is 16.3. The van der Waals surface area contributed by atoms with E-state index in [1.807, 2.05) is 29.5 Å². The molecule has 3 atom stereocenters. The van der Waals surface area contributed by atoms with Crippen LogP contribution < -0.4 is 19.5 Å². The first-order valence-electron chi connectivity index (χ1n) is 14.6. The number of amides is 2. The number of nitrogens with zero attached hydrogens (tertiary/aromatic N) is 1. The highest BCUT2D eigenvalue weighted by Crippen LogP contribution is 2.38. The van der Waals surface area contributed by atoms with Gasteiger partial charge in [0.2, 0.25) is 5.91 Å². The Kier molecular flexibility index (Phi) is 12.5. The minimum absolute atomic E-state index is 0.0138. The molecule has 13 heteroatoms. The SMILES string of the molecule is CCOCCCN(C(=O)c1cc2cccc(OC)c2o1)C1CC(C(=O)NCCO)=CC(Oc2c(I)cc(CO)cc2OC)C1O. The van der Waals surface area contributed by atoms with E-state index >= 15 is 0 Å². The van der Waals surface area contributed by atoms with Gasteiger partial charge in [0.1, 0.15) is 12.2 Å². The monoisotopic (exact) mass is 738 g/mol. The number of methoxy groups -OCH3 is 2. The largest absolute Gasteiger partial charge is 0.493 e. The topological polar surface area (TPSA) is 160 Å². The van der Waals surface area contributed by atoms with Crippen LogP contribution in [0, 0.1) is 3.57 Å². The number of carbonyl (C=O) groups excluding carboxylic acids is 2. The molecule has 45 heavy (non-hydrogen) atoms. The Bertz CT molecular complexity index is 1510. The molecule has 3 unspecified atom stereocenters. The Morgan fingerprint density at radius 1 is 1.13 bits per heavy atom. The third kappa shape index (κ3) is 8.08. The van der Waals surface area contributed by atoms with E-state index in [4.69, 9.17) is 23.4 Å². The molecule has 0 spiro atoms. The lowest BCUT2D eigenvalue weighted by Crippen LogP contribution is -2.55. The highest BCUT2D eigenvalue weighted by molar-refractivity contribution is 14.1. The number of aliphatic hydroxyl groups excluding tert-OH is 3. The number of para-hydroxylation sites is 1. The van der Waals surface area contributed by atoms with Crippen molar-refractivity contribution in [2.45, 2.75) is 44.6 Å². The number of aliphatic hydroxyl groups is 3. The van der Waals surface area contributed by atoms with E-state index in [0.717, 1.165) is 0 Å². The van der Waals surface area contributed by atoms with Crippen molar-refractivity contribution in [2.75, 3.05) is 47.1 Å². The Balaban J connectivity index is 1.74. The van der Waals surface area contributed by atoms with Gasteiger partial charge in [0.15, 0.2) is 28.6 Å². The summed E-state index contributed by atoms with van der Waals surface area (Å²) in [5.41, 5.74) is 1.30. The Morgan fingerprint density at radius 2 is 1.91 bits per heavy atom. The van der Waals surface area contributed by atoms with E-state index in [0.29, 0.717) is 57.0 Å². The summed E-state index contributed by atoms with van der Waals surface area (Å²) in [6.07, 6.45) is -0.341. The lowest BCUT2D eigenvalue weighted by Gasteiger charge is -2.40. The van der Waals surface area contributed by atoms with Crippen molar-refractivity contribution >= 4 is 45.4 Å². The molecule has 1 aliphatic carbocycles. The average Bonchev–Trinajstić information content (AvgIpc) is 3.50. The van der Waals surface area contributed by atoms with Crippen molar-refractivity contribution in [2.24, 2.45) is 0 Å². The minimum atomic E-state index is -1.27. The number of fused-ring (bicyclic) bond motifs is 1. The van der Waals surface area contributed by atoms with Crippen molar-refractivity contribution in [1.29, 1.82) is 0 Å². The maximum Gasteiger partial charge on any atom is 0.289 e. The maximum absolute atomic E-state index is 14.2. The van der Waals surface area contributed by atoms with E-state index in [1.54, 1.807) is 36.4 Å². The lowest BCUT2D eigenvalue weighted by atomic mass is 9.88. The van der Waals surface area contributed by atoms with Crippen LogP contribution in [0.1, 0.15) is 35.9 Å². The molecule has 244 valence electrons. The van der Waals surface area contributed by atoms with Gasteiger partial charge in [0, 0.05) is 43.7 Å². The molecule has 0 radical (unpaired) electrons. The van der Waals surface area contributed by atoms with Crippen LogP contribution in [0.4, 0.5) is 0 Å². The number of hydrogen-bond acceptors (Lipinski definition) is 10. The molecular weight excluding hydrogens is 699 g/mol. The normalized spacial score (nSPS) is 17.9. The van der Waals surface area contributed by atoms with Gasteiger partial charge in [-0.05, 0) is 71.8 Å². The fourth-order valence-corrected chi connectivity index (χ4v) is 6.03. The van der Waals surface area contributed by atoms with Crippen molar-refractivity contribution in [1.82, 2.24) is 10.2 Å². The molecule has 1 aromatic heterocycles. The summed E-state index contributed by atoms with van der Waals surface area (Å²) >= 11 is 2.05. The highest BCUT2D eigenvalue weighted by Gasteiger charge is 2.41. The van der Waals surface area contributed by atoms with Gasteiger partial charge in [-0.3, -0.25) is 9.59 Å². The molecule has 3 aromatic rings. The molecule has 2 aromatic carbocycles. The highest BCUT2D eigenvalue weighted by atomic mass is 127. The molecule has 1 heterocycles. The van der Waals surface area contributed by atoms with E-state index in [2.05, 4.69) is 5.32 Å². The van der Waals surface area contributed by atoms with Gasteiger partial charge in [-0.2, -0.15) is 0 Å². The molecule has 0 aliphatic heterocycles. The number of hydrogen-bond donors (Lipinski definition) is 4. The molecule has 4 N–H and O–H groups in total. The van der Waals surface area contributed by atoms with Crippen molar-refractivity contribution in [3.63, 3.8) is 0 Å². The second-order valence-corrected chi connectivity index (χ2v) is 11.5. The van der Waals surface area contributed by atoms with Crippen LogP contribution in [0.25, 0.3) is 11.0 Å². The second-order valence-electron chi connectivity index (χ2n) is 10.3. The number of ether oxygens (including phenoxy) is 4. The number of furan rings is 1. The summed E-state index contributed by atoms with van der Waals surface area (Å²) in [6, 6.07) is 9.41. The van der Waals surface area contributed by atoms with Crippen LogP contribution in [-0.4, -0.2) is 97.4 Å². The van der Waals surface area contributed by atoms with E-state index in [1.165, 1.54) is 25.2 Å². The molecule has 0 saturated heterocycles. The van der Waals surface area contributed by atoms with Crippen LogP contribution in [0.15, 0.2) is 52.5 Å². The van der Waals surface area contributed by atoms with Crippen LogP contribution >= 0.6 is 22.6 Å². The third-order valence-corrected chi connectivity index (χ3v) is 8.23. The lowest BCUT2D eigenvalue weighted by molar-refractivity contribution is -0.118. The van der Waals surface area contributed by atoms with Gasteiger partial charge in [-0.25, -0.2) is 0 Å². The number of rotatable bonds is 15. The van der Waals surface area contributed by atoms with Crippen molar-refractivity contribution in [3.05, 3.63) is 62.9 Å². The minimum Gasteiger partial charge on any atom is -0.493 e. The Hall–Kier alpha value is -3.37. The van der Waals surface area contributed by atoms with Gasteiger partial charge < -0.3 is 48.9 Å². The quantitative estimate of drug-likeness (QED) is 0.135. The van der Waals surface area contributed by atoms with Crippen LogP contribution in [0.3, 0.4) is 0 Å². The summed E-state index contributed by atoms with van der Waals surface area (Å²) in [6.45, 7) is 2.52. The van der Waals surface area contributed by atoms with E-state index < -0.39 is 30.1 Å². The number of benzene rings is 2. The Morgan fingerprint density at radius 3 is 2.60 bits per heavy atom. The summed E-state index contributed by atoms with van der Waals surface area (Å²) in [4.78, 5) is 28.8. The van der Waals surface area contributed by atoms with Crippen LogP contribution in [0.2, 0.25) is 0 Å². The summed E-state index contributed by atoms with van der Waals surface area (Å²) < 4.78 is 29.4. The van der Waals surface area contributed by atoms with Crippen molar-refractivity contribution < 1.29 is 48.3 Å². The molecule has 2 amide bonds. The summed E-state index contributed by atoms with van der Waals surface area (Å²) in [5.74, 6) is 0.228. The van der Waals surface area contributed by atoms with Gasteiger partial charge in [0.05, 0.1) is 37.0 Å². The summed E-state index contributed by atoms with van der Waals surface area (Å²) in [5, 5.41) is 34.1. The average molecular weight is 739 g/mol. The fraction of sp³-hybridized carbons (Fsp3) is 0.438. The van der Waals surface area contributed by atoms with Crippen LogP contribution in [0.5, 0.6) is 17.2 Å². The zero-order valence-electron chi connectivity index (χ0n) is 25.5. The fourth-order valence-electron chi connectivity index (χ4n) is 5.24. The van der Waals surface area contributed by atoms with E-state index in [-0.39, 0.29) is 44.1 Å². The van der Waals surface area contributed by atoms with Gasteiger partial charge in [-0.15, -0.1) is 0 Å². The van der Waals surface area contributed by atoms with Crippen molar-refractivity contribution in [3.8, 4) is 17.2 Å². The zero-order valence-corrected chi connectivity index (χ0v) is 27.6. The first-order valence-corrected chi connectivity index (χ1v) is 15.7. The summed E-state index contributed by atoms with van der Waals surface area (Å²) in [7, 11) is 2.98. The first kappa shape index (κ1) is 34.5. The molecule has 4 rings (SSSR count). The molecule has 0 saturated carbocycles.